The smallest absolute Gasteiger partial charge is 0.253 e. The van der Waals surface area contributed by atoms with Crippen LogP contribution in [-0.2, 0) is 21.4 Å². The predicted octanol–water partition coefficient (Wildman–Crippen LogP) is 2.87. The number of nitrogens with zero attached hydrogens (tertiary/aromatic N) is 2. The van der Waals surface area contributed by atoms with Crippen molar-refractivity contribution in [2.45, 2.75) is 30.6 Å². The van der Waals surface area contributed by atoms with Gasteiger partial charge in [0.1, 0.15) is 16.6 Å². The SMILES string of the molecule is CC(=O)N(C)Cc1ccc2c(c1)[C@@H](C)N(S(=O)(=O)c1cccs1)CCO2. The zero-order valence-corrected chi connectivity index (χ0v) is 16.6. The number of benzene rings is 1. The van der Waals surface area contributed by atoms with Crippen LogP contribution in [0.15, 0.2) is 39.9 Å². The maximum Gasteiger partial charge on any atom is 0.253 e. The summed E-state index contributed by atoms with van der Waals surface area (Å²) in [5.41, 5.74) is 1.75. The lowest BCUT2D eigenvalue weighted by Crippen LogP contribution is -2.34. The standard InChI is InChI=1S/C18H22N2O4S2/c1-13-16-11-15(12-19(3)14(2)21)6-7-17(16)24-9-8-20(13)26(22,23)18-5-4-10-25-18/h4-7,10-11,13H,8-9,12H2,1-3H3/t13-/m1/s1. The molecule has 0 aliphatic carbocycles. The van der Waals surface area contributed by atoms with Crippen molar-refractivity contribution in [2.75, 3.05) is 20.2 Å². The highest BCUT2D eigenvalue weighted by molar-refractivity contribution is 7.91. The number of hydrogen-bond acceptors (Lipinski definition) is 5. The van der Waals surface area contributed by atoms with Crippen molar-refractivity contribution in [2.24, 2.45) is 0 Å². The molecule has 0 radical (unpaired) electrons. The topological polar surface area (TPSA) is 66.9 Å². The molecule has 1 aliphatic heterocycles. The van der Waals surface area contributed by atoms with Gasteiger partial charge in [0.2, 0.25) is 5.91 Å². The fourth-order valence-electron chi connectivity index (χ4n) is 2.99. The zero-order chi connectivity index (χ0) is 18.9. The predicted molar refractivity (Wildman–Crippen MR) is 101 cm³/mol. The molecule has 0 bridgehead atoms. The molecule has 0 saturated carbocycles. The normalized spacial score (nSPS) is 17.9. The summed E-state index contributed by atoms with van der Waals surface area (Å²) in [6, 6.07) is 8.70. The van der Waals surface area contributed by atoms with Crippen LogP contribution in [0, 0.1) is 0 Å². The molecule has 3 rings (SSSR count). The molecule has 0 N–H and O–H groups in total. The first-order valence-electron chi connectivity index (χ1n) is 8.33. The van der Waals surface area contributed by atoms with Crippen LogP contribution in [0.4, 0.5) is 0 Å². The van der Waals surface area contributed by atoms with Gasteiger partial charge in [-0.3, -0.25) is 4.79 Å². The third-order valence-corrected chi connectivity index (χ3v) is 7.88. The number of rotatable bonds is 4. The Bertz CT molecular complexity index is 894. The second-order valence-corrected chi connectivity index (χ2v) is 9.38. The summed E-state index contributed by atoms with van der Waals surface area (Å²) in [7, 11) is -1.84. The van der Waals surface area contributed by atoms with Crippen molar-refractivity contribution in [1.29, 1.82) is 0 Å². The molecule has 1 aromatic heterocycles. The Morgan fingerprint density at radius 3 is 2.81 bits per heavy atom. The highest BCUT2D eigenvalue weighted by Crippen LogP contribution is 2.36. The van der Waals surface area contributed by atoms with Crippen LogP contribution in [-0.4, -0.2) is 43.7 Å². The Morgan fingerprint density at radius 1 is 1.38 bits per heavy atom. The van der Waals surface area contributed by atoms with E-state index in [0.29, 0.717) is 29.7 Å². The highest BCUT2D eigenvalue weighted by atomic mass is 32.2. The molecule has 0 unspecified atom stereocenters. The molecule has 2 heterocycles. The lowest BCUT2D eigenvalue weighted by molar-refractivity contribution is -0.128. The first-order chi connectivity index (χ1) is 12.3. The van der Waals surface area contributed by atoms with Crippen LogP contribution >= 0.6 is 11.3 Å². The Hall–Kier alpha value is -1.90. The van der Waals surface area contributed by atoms with Gasteiger partial charge in [-0.1, -0.05) is 12.1 Å². The molecular formula is C18H22N2O4S2. The molecule has 1 atom stereocenters. The molecule has 1 aromatic carbocycles. The third kappa shape index (κ3) is 3.62. The Morgan fingerprint density at radius 2 is 2.15 bits per heavy atom. The van der Waals surface area contributed by atoms with Gasteiger partial charge in [0, 0.05) is 32.6 Å². The summed E-state index contributed by atoms with van der Waals surface area (Å²) in [5, 5.41) is 1.76. The van der Waals surface area contributed by atoms with Gasteiger partial charge in [0.15, 0.2) is 0 Å². The quantitative estimate of drug-likeness (QED) is 0.800. The van der Waals surface area contributed by atoms with E-state index in [9.17, 15) is 13.2 Å². The molecular weight excluding hydrogens is 372 g/mol. The summed E-state index contributed by atoms with van der Waals surface area (Å²) in [4.78, 5) is 13.1. The van der Waals surface area contributed by atoms with Crippen LogP contribution in [0.3, 0.4) is 0 Å². The van der Waals surface area contributed by atoms with Crippen LogP contribution in [0.5, 0.6) is 5.75 Å². The molecule has 1 aliphatic rings. The maximum atomic E-state index is 13.0. The average Bonchev–Trinajstić information content (AvgIpc) is 3.09. The van der Waals surface area contributed by atoms with E-state index in [-0.39, 0.29) is 11.9 Å². The van der Waals surface area contributed by atoms with E-state index in [2.05, 4.69) is 0 Å². The average molecular weight is 395 g/mol. The molecule has 2 aromatic rings. The van der Waals surface area contributed by atoms with E-state index in [4.69, 9.17) is 4.74 Å². The van der Waals surface area contributed by atoms with E-state index in [0.717, 1.165) is 11.1 Å². The van der Waals surface area contributed by atoms with E-state index >= 15 is 0 Å². The Kier molecular flexibility index (Phi) is 5.36. The second kappa shape index (κ2) is 7.38. The maximum absolute atomic E-state index is 13.0. The minimum atomic E-state index is -3.58. The van der Waals surface area contributed by atoms with E-state index in [1.54, 1.807) is 29.5 Å². The summed E-state index contributed by atoms with van der Waals surface area (Å²) in [5.74, 6) is 0.668. The molecule has 26 heavy (non-hydrogen) atoms. The van der Waals surface area contributed by atoms with Crippen LogP contribution in [0.25, 0.3) is 0 Å². The number of amides is 1. The number of carbonyl (C=O) groups excluding carboxylic acids is 1. The van der Waals surface area contributed by atoms with Gasteiger partial charge in [-0.2, -0.15) is 4.31 Å². The fourth-order valence-corrected chi connectivity index (χ4v) is 5.70. The number of hydrogen-bond donors (Lipinski definition) is 0. The van der Waals surface area contributed by atoms with Crippen LogP contribution in [0.2, 0.25) is 0 Å². The summed E-state index contributed by atoms with van der Waals surface area (Å²) < 4.78 is 33.6. The van der Waals surface area contributed by atoms with Crippen molar-refractivity contribution in [3.05, 3.63) is 46.8 Å². The van der Waals surface area contributed by atoms with E-state index in [1.807, 2.05) is 25.1 Å². The molecule has 0 fully saturated rings. The number of carbonyl (C=O) groups is 1. The van der Waals surface area contributed by atoms with Gasteiger partial charge in [-0.15, -0.1) is 11.3 Å². The first-order valence-corrected chi connectivity index (χ1v) is 10.7. The van der Waals surface area contributed by atoms with Crippen molar-refractivity contribution in [1.82, 2.24) is 9.21 Å². The lowest BCUT2D eigenvalue weighted by Gasteiger charge is -2.26. The Balaban J connectivity index is 1.95. The molecule has 6 nitrogen and oxygen atoms in total. The number of thiophene rings is 1. The highest BCUT2D eigenvalue weighted by Gasteiger charge is 2.34. The van der Waals surface area contributed by atoms with Crippen molar-refractivity contribution in [3.8, 4) is 5.75 Å². The van der Waals surface area contributed by atoms with Gasteiger partial charge in [0.25, 0.3) is 10.0 Å². The fraction of sp³-hybridized carbons (Fsp3) is 0.389. The summed E-state index contributed by atoms with van der Waals surface area (Å²) in [6.07, 6.45) is 0. The minimum Gasteiger partial charge on any atom is -0.492 e. The van der Waals surface area contributed by atoms with E-state index < -0.39 is 10.0 Å². The largest absolute Gasteiger partial charge is 0.492 e. The third-order valence-electron chi connectivity index (χ3n) is 4.54. The van der Waals surface area contributed by atoms with Gasteiger partial charge < -0.3 is 9.64 Å². The molecule has 140 valence electrons. The van der Waals surface area contributed by atoms with Crippen LogP contribution < -0.4 is 4.74 Å². The van der Waals surface area contributed by atoms with E-state index in [1.165, 1.54) is 22.6 Å². The molecule has 0 saturated heterocycles. The molecule has 1 amide bonds. The zero-order valence-electron chi connectivity index (χ0n) is 15.0. The minimum absolute atomic E-state index is 0.0221. The summed E-state index contributed by atoms with van der Waals surface area (Å²) >= 11 is 1.21. The lowest BCUT2D eigenvalue weighted by atomic mass is 10.0. The number of sulfonamides is 1. The Labute approximate surface area is 158 Å². The van der Waals surface area contributed by atoms with Gasteiger partial charge in [-0.05, 0) is 36.1 Å². The molecule has 8 heteroatoms. The van der Waals surface area contributed by atoms with Crippen molar-refractivity contribution < 1.29 is 17.9 Å². The number of ether oxygens (including phenoxy) is 1. The van der Waals surface area contributed by atoms with Gasteiger partial charge in [-0.25, -0.2) is 8.42 Å². The van der Waals surface area contributed by atoms with Gasteiger partial charge in [0.05, 0.1) is 6.04 Å². The first kappa shape index (κ1) is 18.9. The monoisotopic (exact) mass is 394 g/mol. The molecule has 0 spiro atoms. The number of fused-ring (bicyclic) bond motifs is 1. The van der Waals surface area contributed by atoms with Crippen LogP contribution in [0.1, 0.15) is 31.0 Å². The second-order valence-electron chi connectivity index (χ2n) is 6.32. The van der Waals surface area contributed by atoms with Crippen molar-refractivity contribution >= 4 is 27.3 Å². The summed E-state index contributed by atoms with van der Waals surface area (Å²) in [6.45, 7) is 4.45. The van der Waals surface area contributed by atoms with Gasteiger partial charge >= 0.3 is 0 Å². The van der Waals surface area contributed by atoms with Crippen molar-refractivity contribution in [3.63, 3.8) is 0 Å².